The molecule has 3 nitrogen and oxygen atoms in total. The molecule has 0 radical (unpaired) electrons. The zero-order valence-electron chi connectivity index (χ0n) is 12.4. The fraction of sp³-hybridized carbons (Fsp3) is 0.353. The van der Waals surface area contributed by atoms with Crippen molar-refractivity contribution >= 4 is 17.2 Å². The fourth-order valence-electron chi connectivity index (χ4n) is 2.67. The maximum absolute atomic E-state index is 12.9. The number of hydrogen-bond donors (Lipinski definition) is 0. The van der Waals surface area contributed by atoms with E-state index in [0.29, 0.717) is 0 Å². The van der Waals surface area contributed by atoms with Crippen molar-refractivity contribution in [1.29, 1.82) is 0 Å². The highest BCUT2D eigenvalue weighted by atomic mass is 32.1. The summed E-state index contributed by atoms with van der Waals surface area (Å²) in [4.78, 5) is 17.4. The van der Waals surface area contributed by atoms with E-state index in [9.17, 15) is 9.18 Å². The molecule has 1 amide bonds. The lowest BCUT2D eigenvalue weighted by atomic mass is 10.1. The second-order valence-electron chi connectivity index (χ2n) is 5.49. The molecule has 5 heteroatoms. The lowest BCUT2D eigenvalue weighted by Gasteiger charge is -2.34. The normalized spacial score (nSPS) is 16.0. The minimum Gasteiger partial charge on any atom is -0.335 e. The maximum Gasteiger partial charge on any atom is 0.264 e. The Morgan fingerprint density at radius 3 is 2.45 bits per heavy atom. The van der Waals surface area contributed by atoms with Gasteiger partial charge < -0.3 is 4.90 Å². The summed E-state index contributed by atoms with van der Waals surface area (Å²) in [5, 5.41) is 1.94. The van der Waals surface area contributed by atoms with E-state index in [4.69, 9.17) is 0 Å². The monoisotopic (exact) mass is 318 g/mol. The molecule has 1 aliphatic rings. The quantitative estimate of drug-likeness (QED) is 0.865. The lowest BCUT2D eigenvalue weighted by molar-refractivity contribution is 0.0643. The minimum atomic E-state index is -0.190. The van der Waals surface area contributed by atoms with Gasteiger partial charge in [-0.15, -0.1) is 11.3 Å². The van der Waals surface area contributed by atoms with Crippen molar-refractivity contribution in [2.24, 2.45) is 0 Å². The molecular formula is C17H19FN2OS. The Labute approximate surface area is 134 Å². The molecule has 1 saturated heterocycles. The summed E-state index contributed by atoms with van der Waals surface area (Å²) in [7, 11) is 0. The number of piperazine rings is 1. The van der Waals surface area contributed by atoms with Crippen LogP contribution >= 0.6 is 11.3 Å². The maximum atomic E-state index is 12.9. The van der Waals surface area contributed by atoms with Gasteiger partial charge in [0.15, 0.2) is 0 Å². The highest BCUT2D eigenvalue weighted by Gasteiger charge is 2.22. The molecule has 1 fully saturated rings. The number of amides is 1. The van der Waals surface area contributed by atoms with E-state index in [1.165, 1.54) is 23.5 Å². The van der Waals surface area contributed by atoms with Gasteiger partial charge in [0.2, 0.25) is 0 Å². The summed E-state index contributed by atoms with van der Waals surface area (Å²) in [6.07, 6.45) is 0.916. The number of hydrogen-bond acceptors (Lipinski definition) is 3. The Bertz CT molecular complexity index is 604. The number of carbonyl (C=O) groups excluding carboxylic acids is 1. The number of rotatable bonds is 4. The van der Waals surface area contributed by atoms with Crippen LogP contribution in [0.25, 0.3) is 0 Å². The predicted molar refractivity (Wildman–Crippen MR) is 86.8 cm³/mol. The van der Waals surface area contributed by atoms with E-state index in [1.807, 2.05) is 34.5 Å². The first kappa shape index (κ1) is 15.2. The molecule has 2 aromatic rings. The van der Waals surface area contributed by atoms with Gasteiger partial charge in [0, 0.05) is 32.7 Å². The van der Waals surface area contributed by atoms with Crippen molar-refractivity contribution in [3.05, 3.63) is 58.0 Å². The van der Waals surface area contributed by atoms with E-state index in [2.05, 4.69) is 4.90 Å². The van der Waals surface area contributed by atoms with Gasteiger partial charge >= 0.3 is 0 Å². The molecule has 1 aromatic heterocycles. The van der Waals surface area contributed by atoms with Gasteiger partial charge in [0.05, 0.1) is 4.88 Å². The number of carbonyl (C=O) groups is 1. The molecule has 0 unspecified atom stereocenters. The van der Waals surface area contributed by atoms with Crippen molar-refractivity contribution < 1.29 is 9.18 Å². The number of nitrogens with zero attached hydrogens (tertiary/aromatic N) is 2. The van der Waals surface area contributed by atoms with E-state index >= 15 is 0 Å². The summed E-state index contributed by atoms with van der Waals surface area (Å²) in [5.74, 6) is -0.0439. The Morgan fingerprint density at radius 1 is 1.09 bits per heavy atom. The van der Waals surface area contributed by atoms with Crippen LogP contribution in [-0.2, 0) is 6.42 Å². The molecule has 3 rings (SSSR count). The van der Waals surface area contributed by atoms with Crippen LogP contribution in [-0.4, -0.2) is 48.4 Å². The average molecular weight is 318 g/mol. The highest BCUT2D eigenvalue weighted by Crippen LogP contribution is 2.14. The van der Waals surface area contributed by atoms with Crippen molar-refractivity contribution in [3.63, 3.8) is 0 Å². The van der Waals surface area contributed by atoms with Gasteiger partial charge in [0.25, 0.3) is 5.91 Å². The first-order valence-electron chi connectivity index (χ1n) is 7.52. The number of halogens is 1. The first-order chi connectivity index (χ1) is 10.7. The van der Waals surface area contributed by atoms with Crippen molar-refractivity contribution in [3.8, 4) is 0 Å². The summed E-state index contributed by atoms with van der Waals surface area (Å²) in [6, 6.07) is 10.5. The Balaban J connectivity index is 1.45. The van der Waals surface area contributed by atoms with E-state index in [0.717, 1.165) is 49.6 Å². The zero-order valence-corrected chi connectivity index (χ0v) is 13.2. The molecule has 22 heavy (non-hydrogen) atoms. The van der Waals surface area contributed by atoms with Gasteiger partial charge in [-0.25, -0.2) is 4.39 Å². The molecule has 0 N–H and O–H groups in total. The molecule has 0 aliphatic carbocycles. The van der Waals surface area contributed by atoms with Crippen molar-refractivity contribution in [2.75, 3.05) is 32.7 Å². The second kappa shape index (κ2) is 7.03. The second-order valence-corrected chi connectivity index (χ2v) is 6.44. The van der Waals surface area contributed by atoms with Crippen LogP contribution < -0.4 is 0 Å². The Hall–Kier alpha value is -1.72. The molecule has 0 bridgehead atoms. The van der Waals surface area contributed by atoms with Crippen LogP contribution in [0.3, 0.4) is 0 Å². The van der Waals surface area contributed by atoms with Crippen LogP contribution in [0.5, 0.6) is 0 Å². The fourth-order valence-corrected chi connectivity index (χ4v) is 3.36. The average Bonchev–Trinajstić information content (AvgIpc) is 3.09. The van der Waals surface area contributed by atoms with Crippen molar-refractivity contribution in [1.82, 2.24) is 9.80 Å². The standard InChI is InChI=1S/C17H19FN2OS/c18-15-5-3-14(4-6-15)7-8-19-9-11-20(12-10-19)17(21)16-2-1-13-22-16/h1-6,13H,7-12H2. The third-order valence-corrected chi connectivity index (χ3v) is 4.88. The zero-order chi connectivity index (χ0) is 15.4. The molecule has 116 valence electrons. The number of benzene rings is 1. The van der Waals surface area contributed by atoms with Crippen LogP contribution in [0.4, 0.5) is 4.39 Å². The third-order valence-electron chi connectivity index (χ3n) is 4.02. The Kier molecular flexibility index (Phi) is 4.85. The van der Waals surface area contributed by atoms with Gasteiger partial charge in [-0.2, -0.15) is 0 Å². The largest absolute Gasteiger partial charge is 0.335 e. The van der Waals surface area contributed by atoms with Gasteiger partial charge in [0.1, 0.15) is 5.82 Å². The topological polar surface area (TPSA) is 23.6 Å². The van der Waals surface area contributed by atoms with Gasteiger partial charge in [-0.05, 0) is 35.6 Å². The summed E-state index contributed by atoms with van der Waals surface area (Å²) < 4.78 is 12.9. The van der Waals surface area contributed by atoms with Gasteiger partial charge in [-0.1, -0.05) is 18.2 Å². The third kappa shape index (κ3) is 3.72. The SMILES string of the molecule is O=C(c1cccs1)N1CCN(CCc2ccc(F)cc2)CC1. The summed E-state index contributed by atoms with van der Waals surface area (Å²) >= 11 is 1.50. The Morgan fingerprint density at radius 2 is 1.82 bits per heavy atom. The van der Waals surface area contributed by atoms with Crippen LogP contribution in [0.1, 0.15) is 15.2 Å². The lowest BCUT2D eigenvalue weighted by Crippen LogP contribution is -2.48. The van der Waals surface area contributed by atoms with E-state index < -0.39 is 0 Å². The molecule has 1 aliphatic heterocycles. The van der Waals surface area contributed by atoms with E-state index in [1.54, 1.807) is 0 Å². The molecular weight excluding hydrogens is 299 g/mol. The molecule has 0 saturated carbocycles. The highest BCUT2D eigenvalue weighted by molar-refractivity contribution is 7.12. The van der Waals surface area contributed by atoms with Gasteiger partial charge in [-0.3, -0.25) is 9.69 Å². The van der Waals surface area contributed by atoms with E-state index in [-0.39, 0.29) is 11.7 Å². The van der Waals surface area contributed by atoms with Crippen LogP contribution in [0.2, 0.25) is 0 Å². The van der Waals surface area contributed by atoms with Crippen LogP contribution in [0, 0.1) is 5.82 Å². The first-order valence-corrected chi connectivity index (χ1v) is 8.40. The predicted octanol–water partition coefficient (Wildman–Crippen LogP) is 2.89. The summed E-state index contributed by atoms with van der Waals surface area (Å²) in [6.45, 7) is 4.31. The molecule has 0 atom stereocenters. The number of thiophene rings is 1. The van der Waals surface area contributed by atoms with Crippen molar-refractivity contribution in [2.45, 2.75) is 6.42 Å². The smallest absolute Gasteiger partial charge is 0.264 e. The minimum absolute atomic E-state index is 0.146. The molecule has 2 heterocycles. The summed E-state index contributed by atoms with van der Waals surface area (Å²) in [5.41, 5.74) is 1.15. The molecule has 0 spiro atoms. The molecule has 1 aromatic carbocycles. The van der Waals surface area contributed by atoms with Crippen LogP contribution in [0.15, 0.2) is 41.8 Å².